The Morgan fingerprint density at radius 3 is 3.06 bits per heavy atom. The van der Waals surface area contributed by atoms with Crippen molar-refractivity contribution in [1.29, 1.82) is 0 Å². The first kappa shape index (κ1) is 12.3. The van der Waals surface area contributed by atoms with Crippen molar-refractivity contribution in [2.24, 2.45) is 0 Å². The number of hydrogen-bond acceptors (Lipinski definition) is 4. The number of hydrogen-bond donors (Lipinski definition) is 1. The fourth-order valence-electron chi connectivity index (χ4n) is 1.67. The third-order valence-corrected chi connectivity index (χ3v) is 3.51. The van der Waals surface area contributed by atoms with Gasteiger partial charge in [-0.15, -0.1) is 17.9 Å². The molecule has 0 fully saturated rings. The second kappa shape index (κ2) is 5.02. The van der Waals surface area contributed by atoms with Gasteiger partial charge in [0.2, 0.25) is 5.28 Å². The molecule has 3 nitrogen and oxygen atoms in total. The van der Waals surface area contributed by atoms with Gasteiger partial charge in [-0.1, -0.05) is 6.08 Å². The monoisotopic (exact) mass is 267 g/mol. The molecule has 2 aromatic heterocycles. The molecule has 0 aliphatic heterocycles. The summed E-state index contributed by atoms with van der Waals surface area (Å²) in [4.78, 5) is 10.6. The smallest absolute Gasteiger partial charge is 0.225 e. The lowest BCUT2D eigenvalue weighted by molar-refractivity contribution is 0.809. The molecule has 2 aromatic rings. The number of aryl methyl sites for hydroxylation is 1. The summed E-state index contributed by atoms with van der Waals surface area (Å²) in [5.41, 5.74) is 0. The van der Waals surface area contributed by atoms with Crippen molar-refractivity contribution in [2.75, 3.05) is 5.32 Å². The summed E-state index contributed by atoms with van der Waals surface area (Å²) < 4.78 is 0. The number of nitrogens with zero attached hydrogens (tertiary/aromatic N) is 2. The number of anilines is 1. The zero-order valence-corrected chi connectivity index (χ0v) is 11.4. The molecule has 0 saturated carbocycles. The van der Waals surface area contributed by atoms with Crippen LogP contribution in [0.25, 0.3) is 10.2 Å². The summed E-state index contributed by atoms with van der Waals surface area (Å²) >= 11 is 7.54. The third-order valence-electron chi connectivity index (χ3n) is 2.39. The molecular formula is C12H14ClN3S. The number of fused-ring (bicyclic) bond motifs is 1. The van der Waals surface area contributed by atoms with Gasteiger partial charge in [-0.05, 0) is 37.9 Å². The van der Waals surface area contributed by atoms with Gasteiger partial charge in [-0.3, -0.25) is 0 Å². The molecule has 0 aliphatic rings. The normalized spacial score (nSPS) is 12.6. The predicted molar refractivity (Wildman–Crippen MR) is 75.1 cm³/mol. The van der Waals surface area contributed by atoms with E-state index in [0.717, 1.165) is 22.5 Å². The minimum absolute atomic E-state index is 0.280. The first-order valence-corrected chi connectivity index (χ1v) is 6.60. The van der Waals surface area contributed by atoms with E-state index in [1.54, 1.807) is 11.3 Å². The Kier molecular flexibility index (Phi) is 3.64. The van der Waals surface area contributed by atoms with Crippen molar-refractivity contribution >= 4 is 39.0 Å². The highest BCUT2D eigenvalue weighted by molar-refractivity contribution is 7.18. The maximum atomic E-state index is 5.92. The molecule has 2 rings (SSSR count). The molecule has 0 spiro atoms. The summed E-state index contributed by atoms with van der Waals surface area (Å²) in [6.45, 7) is 7.87. The van der Waals surface area contributed by atoms with Gasteiger partial charge in [-0.25, -0.2) is 9.97 Å². The highest BCUT2D eigenvalue weighted by atomic mass is 35.5. The van der Waals surface area contributed by atoms with Crippen molar-refractivity contribution in [3.8, 4) is 0 Å². The Labute approximate surface area is 110 Å². The Hall–Kier alpha value is -1.13. The first-order chi connectivity index (χ1) is 8.10. The van der Waals surface area contributed by atoms with Gasteiger partial charge >= 0.3 is 0 Å². The fraction of sp³-hybridized carbons (Fsp3) is 0.333. The quantitative estimate of drug-likeness (QED) is 0.671. The van der Waals surface area contributed by atoms with E-state index in [1.807, 2.05) is 6.08 Å². The van der Waals surface area contributed by atoms with Crippen LogP contribution >= 0.6 is 22.9 Å². The molecule has 5 heteroatoms. The highest BCUT2D eigenvalue weighted by Crippen LogP contribution is 2.29. The molecule has 1 N–H and O–H groups in total. The molecule has 0 saturated heterocycles. The fourth-order valence-corrected chi connectivity index (χ4v) is 2.77. The van der Waals surface area contributed by atoms with E-state index in [4.69, 9.17) is 11.6 Å². The second-order valence-corrected chi connectivity index (χ2v) is 5.56. The summed E-state index contributed by atoms with van der Waals surface area (Å²) in [6.07, 6.45) is 2.77. The molecule has 0 bridgehead atoms. The van der Waals surface area contributed by atoms with E-state index in [1.165, 1.54) is 4.88 Å². The lowest BCUT2D eigenvalue weighted by atomic mass is 10.2. The van der Waals surface area contributed by atoms with E-state index >= 15 is 0 Å². The van der Waals surface area contributed by atoms with Gasteiger partial charge < -0.3 is 5.32 Å². The van der Waals surface area contributed by atoms with E-state index in [0.29, 0.717) is 0 Å². The van der Waals surface area contributed by atoms with E-state index in [-0.39, 0.29) is 11.3 Å². The Bertz CT molecular complexity index is 550. The van der Waals surface area contributed by atoms with Gasteiger partial charge in [0, 0.05) is 10.9 Å². The maximum Gasteiger partial charge on any atom is 0.225 e. The minimum Gasteiger partial charge on any atom is -0.367 e. The molecule has 0 amide bonds. The molecular weight excluding hydrogens is 254 g/mol. The molecule has 1 unspecified atom stereocenters. The third kappa shape index (κ3) is 2.76. The van der Waals surface area contributed by atoms with Crippen molar-refractivity contribution in [2.45, 2.75) is 26.3 Å². The van der Waals surface area contributed by atoms with Crippen molar-refractivity contribution in [1.82, 2.24) is 9.97 Å². The average molecular weight is 268 g/mol. The molecule has 17 heavy (non-hydrogen) atoms. The standard InChI is InChI=1S/C12H14ClN3S/c1-4-5-7(2)14-10-9-6-8(3)17-11(9)16-12(13)15-10/h4,6-7H,1,5H2,2-3H3,(H,14,15,16). The predicted octanol–water partition coefficient (Wildman–Crippen LogP) is 4.03. The number of rotatable bonds is 4. The number of nitrogens with one attached hydrogen (secondary N) is 1. The molecule has 90 valence electrons. The Morgan fingerprint density at radius 1 is 1.59 bits per heavy atom. The van der Waals surface area contributed by atoms with Crippen LogP contribution in [0.5, 0.6) is 0 Å². The van der Waals surface area contributed by atoms with Gasteiger partial charge in [-0.2, -0.15) is 0 Å². The molecule has 0 aromatic carbocycles. The zero-order chi connectivity index (χ0) is 12.4. The van der Waals surface area contributed by atoms with Gasteiger partial charge in [0.25, 0.3) is 0 Å². The van der Waals surface area contributed by atoms with Crippen LogP contribution in [0.2, 0.25) is 5.28 Å². The SMILES string of the molecule is C=CCC(C)Nc1nc(Cl)nc2sc(C)cc12. The summed E-state index contributed by atoms with van der Waals surface area (Å²) in [5.74, 6) is 0.804. The lowest BCUT2D eigenvalue weighted by Crippen LogP contribution is -2.15. The van der Waals surface area contributed by atoms with E-state index < -0.39 is 0 Å². The number of thiophene rings is 1. The van der Waals surface area contributed by atoms with Crippen molar-refractivity contribution in [3.63, 3.8) is 0 Å². The minimum atomic E-state index is 0.280. The number of aromatic nitrogens is 2. The molecule has 0 aliphatic carbocycles. The van der Waals surface area contributed by atoms with Gasteiger partial charge in [0.1, 0.15) is 10.6 Å². The van der Waals surface area contributed by atoms with E-state index in [2.05, 4.69) is 41.8 Å². The van der Waals surface area contributed by atoms with Crippen LogP contribution in [0, 0.1) is 6.92 Å². The van der Waals surface area contributed by atoms with Gasteiger partial charge in [0.05, 0.1) is 5.39 Å². The van der Waals surface area contributed by atoms with Crippen LogP contribution in [-0.2, 0) is 0 Å². The van der Waals surface area contributed by atoms with E-state index in [9.17, 15) is 0 Å². The highest BCUT2D eigenvalue weighted by Gasteiger charge is 2.11. The second-order valence-electron chi connectivity index (χ2n) is 3.99. The summed E-state index contributed by atoms with van der Waals surface area (Å²) in [7, 11) is 0. The first-order valence-electron chi connectivity index (χ1n) is 5.41. The Balaban J connectivity index is 2.41. The van der Waals surface area contributed by atoms with Crippen LogP contribution < -0.4 is 5.32 Å². The van der Waals surface area contributed by atoms with Crippen LogP contribution in [0.3, 0.4) is 0 Å². The van der Waals surface area contributed by atoms with Crippen molar-refractivity contribution < 1.29 is 0 Å². The topological polar surface area (TPSA) is 37.8 Å². The molecule has 2 heterocycles. The van der Waals surface area contributed by atoms with Crippen LogP contribution in [0.15, 0.2) is 18.7 Å². The van der Waals surface area contributed by atoms with Gasteiger partial charge in [0.15, 0.2) is 0 Å². The summed E-state index contributed by atoms with van der Waals surface area (Å²) in [5, 5.41) is 4.66. The van der Waals surface area contributed by atoms with Crippen LogP contribution in [-0.4, -0.2) is 16.0 Å². The van der Waals surface area contributed by atoms with Crippen LogP contribution in [0.1, 0.15) is 18.2 Å². The van der Waals surface area contributed by atoms with Crippen molar-refractivity contribution in [3.05, 3.63) is 28.9 Å². The average Bonchev–Trinajstić information content (AvgIpc) is 2.58. The summed E-state index contributed by atoms with van der Waals surface area (Å²) in [6, 6.07) is 2.36. The zero-order valence-electron chi connectivity index (χ0n) is 9.83. The Morgan fingerprint density at radius 2 is 2.35 bits per heavy atom. The largest absolute Gasteiger partial charge is 0.367 e. The maximum absolute atomic E-state index is 5.92. The van der Waals surface area contributed by atoms with Crippen LogP contribution in [0.4, 0.5) is 5.82 Å². The molecule has 0 radical (unpaired) electrons. The lowest BCUT2D eigenvalue weighted by Gasteiger charge is -2.13. The molecule has 1 atom stereocenters. The number of halogens is 1.